The molecule has 14 heavy (non-hydrogen) atoms. The molecule has 0 unspecified atom stereocenters. The average molecular weight is 213 g/mol. The van der Waals surface area contributed by atoms with Crippen molar-refractivity contribution >= 4 is 0 Å². The number of methoxy groups -OCH3 is 1. The van der Waals surface area contributed by atoms with Crippen molar-refractivity contribution in [1.29, 1.82) is 0 Å². The summed E-state index contributed by atoms with van der Waals surface area (Å²) < 4.78 is 40.3. The quantitative estimate of drug-likeness (QED) is 0.684. The van der Waals surface area contributed by atoms with E-state index in [-0.39, 0.29) is 12.1 Å². The van der Waals surface area contributed by atoms with E-state index in [1.54, 1.807) is 7.11 Å². The number of hydrogen-bond donors (Lipinski definition) is 1. The van der Waals surface area contributed by atoms with Gasteiger partial charge in [-0.3, -0.25) is 0 Å². The number of rotatable bonds is 6. The lowest BCUT2D eigenvalue weighted by Gasteiger charge is -2.22. The molecule has 0 atom stereocenters. The fourth-order valence-electron chi connectivity index (χ4n) is 0.847. The third kappa shape index (κ3) is 8.31. The van der Waals surface area contributed by atoms with Crippen LogP contribution in [0, 0.1) is 0 Å². The van der Waals surface area contributed by atoms with Gasteiger partial charge in [-0.15, -0.1) is 0 Å². The molecule has 86 valence electrons. The lowest BCUT2D eigenvalue weighted by molar-refractivity contribution is -0.133. The average Bonchev–Trinajstić information content (AvgIpc) is 2.01. The van der Waals surface area contributed by atoms with Crippen LogP contribution in [0.4, 0.5) is 13.2 Å². The van der Waals surface area contributed by atoms with Gasteiger partial charge in [0.15, 0.2) is 0 Å². The molecule has 0 aliphatic rings. The smallest absolute Gasteiger partial charge is 0.379 e. The molecule has 0 heterocycles. The molecule has 0 aromatic rings. The van der Waals surface area contributed by atoms with Crippen LogP contribution in [0.25, 0.3) is 0 Å². The Morgan fingerprint density at radius 3 is 2.00 bits per heavy atom. The largest absolute Gasteiger partial charge is 0.390 e. The van der Waals surface area contributed by atoms with E-state index in [2.05, 4.69) is 5.32 Å². The number of nitrogens with one attached hydrogen (secondary N) is 1. The van der Waals surface area contributed by atoms with Crippen molar-refractivity contribution in [2.24, 2.45) is 0 Å². The van der Waals surface area contributed by atoms with E-state index in [0.29, 0.717) is 13.0 Å². The minimum absolute atomic E-state index is 0.0245. The predicted molar refractivity (Wildman–Crippen MR) is 49.2 cm³/mol. The van der Waals surface area contributed by atoms with Crippen LogP contribution in [0.15, 0.2) is 0 Å². The summed E-state index contributed by atoms with van der Waals surface area (Å²) in [6, 6.07) is 0. The highest BCUT2D eigenvalue weighted by molar-refractivity contribution is 4.69. The maximum atomic E-state index is 11.7. The van der Waals surface area contributed by atoms with Crippen LogP contribution >= 0.6 is 0 Å². The first-order valence-corrected chi connectivity index (χ1v) is 4.59. The molecule has 1 N–H and O–H groups in total. The van der Waals surface area contributed by atoms with E-state index < -0.39 is 12.6 Å². The highest BCUT2D eigenvalue weighted by Gasteiger charge is 2.26. The molecule has 0 aliphatic carbocycles. The predicted octanol–water partition coefficient (Wildman–Crippen LogP) is 2.34. The van der Waals surface area contributed by atoms with Gasteiger partial charge in [0, 0.05) is 13.7 Å². The minimum Gasteiger partial charge on any atom is -0.379 e. The Labute approximate surface area is 82.8 Å². The fourth-order valence-corrected chi connectivity index (χ4v) is 0.847. The first-order valence-electron chi connectivity index (χ1n) is 4.59. The summed E-state index contributed by atoms with van der Waals surface area (Å²) in [6.45, 7) is 4.32. The van der Waals surface area contributed by atoms with Crippen LogP contribution < -0.4 is 5.32 Å². The second-order valence-electron chi connectivity index (χ2n) is 3.83. The molecule has 0 spiro atoms. The SMILES string of the molecule is COC(C)(C)CCNCCC(F)(F)F. The zero-order valence-corrected chi connectivity index (χ0v) is 8.87. The van der Waals surface area contributed by atoms with Crippen molar-refractivity contribution in [2.45, 2.75) is 38.5 Å². The third-order valence-electron chi connectivity index (χ3n) is 2.04. The van der Waals surface area contributed by atoms with E-state index in [0.717, 1.165) is 0 Å². The molecule has 0 rings (SSSR count). The Kier molecular flexibility index (Phi) is 5.44. The molecule has 0 aromatic carbocycles. The molecule has 5 heteroatoms. The van der Waals surface area contributed by atoms with E-state index in [9.17, 15) is 13.2 Å². The standard InChI is InChI=1S/C9H18F3NO/c1-8(2,14-3)4-6-13-7-5-9(10,11)12/h13H,4-7H2,1-3H3. The summed E-state index contributed by atoms with van der Waals surface area (Å²) >= 11 is 0. The Morgan fingerprint density at radius 2 is 1.57 bits per heavy atom. The molecule has 0 amide bonds. The third-order valence-corrected chi connectivity index (χ3v) is 2.04. The Hall–Kier alpha value is -0.290. The molecule has 0 saturated heterocycles. The van der Waals surface area contributed by atoms with E-state index >= 15 is 0 Å². The van der Waals surface area contributed by atoms with Crippen molar-refractivity contribution in [3.63, 3.8) is 0 Å². The first kappa shape index (κ1) is 13.7. The van der Waals surface area contributed by atoms with Crippen molar-refractivity contribution in [3.05, 3.63) is 0 Å². The number of alkyl halides is 3. The normalized spacial score (nSPS) is 13.3. The molecule has 0 saturated carbocycles. The Bertz CT molecular complexity index is 157. The van der Waals surface area contributed by atoms with Crippen molar-refractivity contribution in [1.82, 2.24) is 5.32 Å². The van der Waals surface area contributed by atoms with Gasteiger partial charge in [0.05, 0.1) is 12.0 Å². The van der Waals surface area contributed by atoms with Crippen molar-refractivity contribution in [3.8, 4) is 0 Å². The summed E-state index contributed by atoms with van der Waals surface area (Å²) in [7, 11) is 1.59. The summed E-state index contributed by atoms with van der Waals surface area (Å²) in [5.74, 6) is 0. The molecular formula is C9H18F3NO. The molecule has 2 nitrogen and oxygen atoms in total. The van der Waals surface area contributed by atoms with Gasteiger partial charge in [-0.05, 0) is 26.8 Å². The first-order chi connectivity index (χ1) is 6.27. The van der Waals surface area contributed by atoms with Gasteiger partial charge in [0.1, 0.15) is 0 Å². The summed E-state index contributed by atoms with van der Waals surface area (Å²) in [6.07, 6.45) is -4.15. The maximum Gasteiger partial charge on any atom is 0.390 e. The van der Waals surface area contributed by atoms with Gasteiger partial charge in [0.2, 0.25) is 0 Å². The molecule has 0 aliphatic heterocycles. The summed E-state index contributed by atoms with van der Waals surface area (Å²) in [5.41, 5.74) is -0.273. The zero-order valence-electron chi connectivity index (χ0n) is 8.87. The highest BCUT2D eigenvalue weighted by Crippen LogP contribution is 2.18. The van der Waals surface area contributed by atoms with Gasteiger partial charge in [-0.2, -0.15) is 13.2 Å². The molecule has 0 radical (unpaired) electrons. The lowest BCUT2D eigenvalue weighted by Crippen LogP contribution is -2.30. The lowest BCUT2D eigenvalue weighted by atomic mass is 10.1. The monoisotopic (exact) mass is 213 g/mol. The second kappa shape index (κ2) is 5.56. The van der Waals surface area contributed by atoms with E-state index in [4.69, 9.17) is 4.74 Å². The van der Waals surface area contributed by atoms with Crippen molar-refractivity contribution in [2.75, 3.05) is 20.2 Å². The van der Waals surface area contributed by atoms with Crippen LogP contribution in [0.2, 0.25) is 0 Å². The molecule has 0 aromatic heterocycles. The molecule has 0 bridgehead atoms. The van der Waals surface area contributed by atoms with E-state index in [1.807, 2.05) is 13.8 Å². The minimum atomic E-state index is -4.07. The molecule has 0 fully saturated rings. The van der Waals surface area contributed by atoms with Gasteiger partial charge in [0.25, 0.3) is 0 Å². The fraction of sp³-hybridized carbons (Fsp3) is 1.00. The topological polar surface area (TPSA) is 21.3 Å². The Balaban J connectivity index is 3.39. The Morgan fingerprint density at radius 1 is 1.07 bits per heavy atom. The van der Waals surface area contributed by atoms with Crippen LogP contribution in [0.1, 0.15) is 26.7 Å². The zero-order chi connectivity index (χ0) is 11.2. The number of hydrogen-bond acceptors (Lipinski definition) is 2. The molecular weight excluding hydrogens is 195 g/mol. The highest BCUT2D eigenvalue weighted by atomic mass is 19.4. The van der Waals surface area contributed by atoms with Gasteiger partial charge in [-0.25, -0.2) is 0 Å². The summed E-state index contributed by atoms with van der Waals surface area (Å²) in [4.78, 5) is 0. The number of ether oxygens (including phenoxy) is 1. The maximum absolute atomic E-state index is 11.7. The van der Waals surface area contributed by atoms with Gasteiger partial charge >= 0.3 is 6.18 Å². The van der Waals surface area contributed by atoms with Gasteiger partial charge < -0.3 is 10.1 Å². The van der Waals surface area contributed by atoms with Crippen LogP contribution in [0.3, 0.4) is 0 Å². The second-order valence-corrected chi connectivity index (χ2v) is 3.83. The summed E-state index contributed by atoms with van der Waals surface area (Å²) in [5, 5.41) is 2.73. The van der Waals surface area contributed by atoms with Crippen LogP contribution in [-0.4, -0.2) is 32.0 Å². The van der Waals surface area contributed by atoms with E-state index in [1.165, 1.54) is 0 Å². The van der Waals surface area contributed by atoms with Gasteiger partial charge in [-0.1, -0.05) is 0 Å². The van der Waals surface area contributed by atoms with Crippen LogP contribution in [-0.2, 0) is 4.74 Å². The number of halogens is 3. The van der Waals surface area contributed by atoms with Crippen LogP contribution in [0.5, 0.6) is 0 Å². The van der Waals surface area contributed by atoms with Crippen molar-refractivity contribution < 1.29 is 17.9 Å².